The fraction of sp³-hybridized carbons (Fsp3) is 0.133. The third-order valence-electron chi connectivity index (χ3n) is 3.20. The molecule has 0 amide bonds. The van der Waals surface area contributed by atoms with Crippen molar-refractivity contribution in [3.05, 3.63) is 52.8 Å². The molecule has 0 spiro atoms. The number of hydrogen-bond donors (Lipinski definition) is 0. The number of ether oxygens (including phenoxy) is 1. The van der Waals surface area contributed by atoms with Gasteiger partial charge in [0.05, 0.1) is 11.6 Å². The van der Waals surface area contributed by atoms with Gasteiger partial charge in [-0.1, -0.05) is 22.0 Å². The van der Waals surface area contributed by atoms with Crippen LogP contribution >= 0.6 is 15.9 Å². The fourth-order valence-corrected chi connectivity index (χ4v) is 2.64. The summed E-state index contributed by atoms with van der Waals surface area (Å²) in [5, 5.41) is 9.41. The second-order valence-electron chi connectivity index (χ2n) is 4.35. The van der Waals surface area contributed by atoms with E-state index in [0.29, 0.717) is 34.4 Å². The van der Waals surface area contributed by atoms with Crippen LogP contribution in [0.2, 0.25) is 0 Å². The summed E-state index contributed by atoms with van der Waals surface area (Å²) in [6.45, 7) is 0.446. The number of benzene rings is 2. The summed E-state index contributed by atoms with van der Waals surface area (Å²) < 4.78 is 19.6. The van der Waals surface area contributed by atoms with E-state index >= 15 is 0 Å². The Labute approximate surface area is 118 Å². The molecule has 2 aromatic carbocycles. The second kappa shape index (κ2) is 4.67. The lowest BCUT2D eigenvalue weighted by Gasteiger charge is -2.21. The van der Waals surface area contributed by atoms with Crippen molar-refractivity contribution in [2.75, 3.05) is 0 Å². The summed E-state index contributed by atoms with van der Waals surface area (Å²) in [5.41, 5.74) is 3.69. The average molecular weight is 318 g/mol. The highest BCUT2D eigenvalue weighted by atomic mass is 79.9. The van der Waals surface area contributed by atoms with Gasteiger partial charge in [-0.2, -0.15) is 5.26 Å². The summed E-state index contributed by atoms with van der Waals surface area (Å²) in [6.07, 6.45) is 0. The van der Waals surface area contributed by atoms with Crippen molar-refractivity contribution in [3.8, 4) is 22.9 Å². The van der Waals surface area contributed by atoms with Gasteiger partial charge in [-0.25, -0.2) is 4.39 Å². The fourth-order valence-electron chi connectivity index (χ4n) is 2.21. The zero-order valence-electron chi connectivity index (χ0n) is 9.91. The molecule has 2 aromatic rings. The van der Waals surface area contributed by atoms with E-state index in [2.05, 4.69) is 22.0 Å². The van der Waals surface area contributed by atoms with Crippen LogP contribution in [0.5, 0.6) is 5.75 Å². The minimum Gasteiger partial charge on any atom is -0.488 e. The number of fused-ring (bicyclic) bond motifs is 3. The van der Waals surface area contributed by atoms with E-state index in [4.69, 9.17) is 10.00 Å². The Hall–Kier alpha value is -1.86. The third-order valence-corrected chi connectivity index (χ3v) is 3.81. The standard InChI is InChI=1S/C15H9BrFNO/c16-6-11-4-15-13(5-14(11)17)12-3-9(7-18)1-2-10(12)8-19-15/h1-5H,6,8H2. The van der Waals surface area contributed by atoms with Gasteiger partial charge in [-0.05, 0) is 35.4 Å². The van der Waals surface area contributed by atoms with Gasteiger partial charge in [-0.3, -0.25) is 0 Å². The molecule has 1 heterocycles. The number of nitriles is 1. The molecule has 2 nitrogen and oxygen atoms in total. The van der Waals surface area contributed by atoms with Crippen molar-refractivity contribution in [3.63, 3.8) is 0 Å². The van der Waals surface area contributed by atoms with E-state index in [0.717, 1.165) is 11.1 Å². The van der Waals surface area contributed by atoms with E-state index in [9.17, 15) is 4.39 Å². The topological polar surface area (TPSA) is 33.0 Å². The van der Waals surface area contributed by atoms with Crippen molar-refractivity contribution >= 4 is 15.9 Å². The first-order valence-electron chi connectivity index (χ1n) is 5.77. The number of rotatable bonds is 1. The van der Waals surface area contributed by atoms with Crippen molar-refractivity contribution < 1.29 is 9.13 Å². The summed E-state index contributed by atoms with van der Waals surface area (Å²) >= 11 is 3.25. The van der Waals surface area contributed by atoms with Crippen LogP contribution in [0.1, 0.15) is 16.7 Å². The lowest BCUT2D eigenvalue weighted by Crippen LogP contribution is -2.07. The zero-order valence-corrected chi connectivity index (χ0v) is 11.5. The highest BCUT2D eigenvalue weighted by Crippen LogP contribution is 2.39. The zero-order chi connectivity index (χ0) is 13.4. The van der Waals surface area contributed by atoms with Crippen molar-refractivity contribution in [2.24, 2.45) is 0 Å². The summed E-state index contributed by atoms with van der Waals surface area (Å²) in [4.78, 5) is 0. The van der Waals surface area contributed by atoms with E-state index in [-0.39, 0.29) is 5.82 Å². The van der Waals surface area contributed by atoms with Gasteiger partial charge in [0.25, 0.3) is 0 Å². The molecule has 1 aliphatic heterocycles. The first-order valence-corrected chi connectivity index (χ1v) is 6.89. The maximum atomic E-state index is 13.9. The number of hydrogen-bond acceptors (Lipinski definition) is 2. The average Bonchev–Trinajstić information content (AvgIpc) is 2.46. The quantitative estimate of drug-likeness (QED) is 0.740. The van der Waals surface area contributed by atoms with E-state index in [1.165, 1.54) is 6.07 Å². The van der Waals surface area contributed by atoms with Crippen molar-refractivity contribution in [1.29, 1.82) is 5.26 Å². The van der Waals surface area contributed by atoms with Gasteiger partial charge < -0.3 is 4.74 Å². The highest BCUT2D eigenvalue weighted by Gasteiger charge is 2.20. The first-order chi connectivity index (χ1) is 9.22. The third kappa shape index (κ3) is 2.00. The molecular formula is C15H9BrFNO. The normalized spacial score (nSPS) is 12.1. The minimum atomic E-state index is -0.269. The molecule has 0 aliphatic carbocycles. The minimum absolute atomic E-state index is 0.269. The Balaban J connectivity index is 2.23. The van der Waals surface area contributed by atoms with Gasteiger partial charge in [0.1, 0.15) is 18.2 Å². The molecule has 3 rings (SSSR count). The van der Waals surface area contributed by atoms with Crippen LogP contribution in [0.3, 0.4) is 0 Å². The SMILES string of the molecule is N#Cc1ccc2c(c1)-c1cc(F)c(CBr)cc1OC2. The highest BCUT2D eigenvalue weighted by molar-refractivity contribution is 9.08. The van der Waals surface area contributed by atoms with Gasteiger partial charge in [0, 0.05) is 16.5 Å². The number of alkyl halides is 1. The van der Waals surface area contributed by atoms with Crippen LogP contribution in [0.15, 0.2) is 30.3 Å². The Morgan fingerprint density at radius 1 is 1.26 bits per heavy atom. The van der Waals surface area contributed by atoms with Crippen LogP contribution in [-0.2, 0) is 11.9 Å². The lowest BCUT2D eigenvalue weighted by molar-refractivity contribution is 0.301. The Bertz CT molecular complexity index is 706. The predicted molar refractivity (Wildman–Crippen MR) is 73.5 cm³/mol. The van der Waals surface area contributed by atoms with Crippen molar-refractivity contribution in [1.82, 2.24) is 0 Å². The molecule has 0 N–H and O–H groups in total. The molecule has 0 aromatic heterocycles. The molecule has 0 unspecified atom stereocenters. The van der Waals surface area contributed by atoms with Gasteiger partial charge in [0.2, 0.25) is 0 Å². The summed E-state index contributed by atoms with van der Waals surface area (Å²) in [5.74, 6) is 0.396. The number of nitrogens with zero attached hydrogens (tertiary/aromatic N) is 1. The molecular weight excluding hydrogens is 309 g/mol. The molecule has 0 bridgehead atoms. The maximum Gasteiger partial charge on any atom is 0.128 e. The molecule has 0 saturated heterocycles. The molecule has 0 fully saturated rings. The van der Waals surface area contributed by atoms with Crippen LogP contribution in [0.25, 0.3) is 11.1 Å². The smallest absolute Gasteiger partial charge is 0.128 e. The van der Waals surface area contributed by atoms with Crippen molar-refractivity contribution in [2.45, 2.75) is 11.9 Å². The molecule has 94 valence electrons. The largest absolute Gasteiger partial charge is 0.488 e. The maximum absolute atomic E-state index is 13.9. The Kier molecular flexibility index (Phi) is 3.00. The van der Waals surface area contributed by atoms with E-state index in [1.54, 1.807) is 18.2 Å². The van der Waals surface area contributed by atoms with Crippen LogP contribution in [0, 0.1) is 17.1 Å². The van der Waals surface area contributed by atoms with Crippen LogP contribution in [-0.4, -0.2) is 0 Å². The Morgan fingerprint density at radius 2 is 2.11 bits per heavy atom. The van der Waals surface area contributed by atoms with Crippen LogP contribution in [0.4, 0.5) is 4.39 Å². The number of halogens is 2. The molecule has 19 heavy (non-hydrogen) atoms. The molecule has 0 radical (unpaired) electrons. The second-order valence-corrected chi connectivity index (χ2v) is 4.91. The molecule has 1 aliphatic rings. The monoisotopic (exact) mass is 317 g/mol. The summed E-state index contributed by atoms with van der Waals surface area (Å²) in [6, 6.07) is 10.7. The molecule has 4 heteroatoms. The molecule has 0 atom stereocenters. The lowest BCUT2D eigenvalue weighted by atomic mass is 9.94. The molecule has 0 saturated carbocycles. The van der Waals surface area contributed by atoms with Gasteiger partial charge in [0.15, 0.2) is 0 Å². The summed E-state index contributed by atoms with van der Waals surface area (Å²) in [7, 11) is 0. The van der Waals surface area contributed by atoms with Crippen LogP contribution < -0.4 is 4.74 Å². The Morgan fingerprint density at radius 3 is 2.84 bits per heavy atom. The van der Waals surface area contributed by atoms with E-state index < -0.39 is 0 Å². The predicted octanol–water partition coefficient (Wildman–Crippen LogP) is 4.15. The first kappa shape index (κ1) is 12.2. The van der Waals surface area contributed by atoms with E-state index in [1.807, 2.05) is 6.07 Å². The van der Waals surface area contributed by atoms with Gasteiger partial charge in [-0.15, -0.1) is 0 Å². The van der Waals surface area contributed by atoms with Gasteiger partial charge >= 0.3 is 0 Å².